The van der Waals surface area contributed by atoms with Crippen molar-refractivity contribution >= 4 is 15.7 Å². The summed E-state index contributed by atoms with van der Waals surface area (Å²) in [5.41, 5.74) is -0.764. The summed E-state index contributed by atoms with van der Waals surface area (Å²) < 4.78 is 27.5. The number of hydrogen-bond donors (Lipinski definition) is 1. The maximum absolute atomic E-state index is 11.0. The normalized spacial score (nSPS) is 12.2. The highest BCUT2D eigenvalue weighted by molar-refractivity contribution is 7.89. The molecule has 0 aliphatic rings. The highest BCUT2D eigenvalue weighted by Crippen LogP contribution is 2.23. The lowest BCUT2D eigenvalue weighted by atomic mass is 9.98. The number of non-ortho nitro benzene ring substituents is 1. The molecule has 1 aromatic carbocycles. The van der Waals surface area contributed by atoms with Crippen molar-refractivity contribution in [3.05, 3.63) is 34.4 Å². The third kappa shape index (κ3) is 5.66. The Morgan fingerprint density at radius 1 is 1.42 bits per heavy atom. The molecule has 1 rings (SSSR count). The molecule has 0 spiro atoms. The molecule has 0 atom stereocenters. The van der Waals surface area contributed by atoms with Gasteiger partial charge in [-0.25, -0.2) is 13.6 Å². The lowest BCUT2D eigenvalue weighted by molar-refractivity contribution is -0.384. The van der Waals surface area contributed by atoms with Crippen molar-refractivity contribution < 1.29 is 18.1 Å². The quantitative estimate of drug-likeness (QED) is 0.626. The summed E-state index contributed by atoms with van der Waals surface area (Å²) in [5, 5.41) is 15.6. The van der Waals surface area contributed by atoms with E-state index in [4.69, 9.17) is 9.88 Å². The summed E-state index contributed by atoms with van der Waals surface area (Å²) in [6, 6.07) is 5.70. The van der Waals surface area contributed by atoms with Gasteiger partial charge >= 0.3 is 0 Å². The summed E-state index contributed by atoms with van der Waals surface area (Å²) >= 11 is 0. The van der Waals surface area contributed by atoms with Gasteiger partial charge in [-0.15, -0.1) is 0 Å². The van der Waals surface area contributed by atoms with E-state index in [0.29, 0.717) is 5.75 Å². The number of ether oxygens (including phenoxy) is 1. The van der Waals surface area contributed by atoms with Crippen LogP contribution < -0.4 is 9.88 Å². The van der Waals surface area contributed by atoms with Crippen LogP contribution in [0.15, 0.2) is 24.3 Å². The number of benzene rings is 1. The van der Waals surface area contributed by atoms with Crippen LogP contribution in [0.2, 0.25) is 0 Å². The average molecular weight is 288 g/mol. The van der Waals surface area contributed by atoms with Crippen LogP contribution in [0.3, 0.4) is 0 Å². The maximum atomic E-state index is 11.0. The van der Waals surface area contributed by atoms with E-state index < -0.39 is 20.4 Å². The number of primary sulfonamides is 1. The first-order valence-corrected chi connectivity index (χ1v) is 7.18. The van der Waals surface area contributed by atoms with Gasteiger partial charge in [-0.3, -0.25) is 10.1 Å². The monoisotopic (exact) mass is 288 g/mol. The van der Waals surface area contributed by atoms with Gasteiger partial charge in [0.1, 0.15) is 5.75 Å². The van der Waals surface area contributed by atoms with Crippen LogP contribution in [-0.2, 0) is 10.0 Å². The summed E-state index contributed by atoms with van der Waals surface area (Å²) in [5.74, 6) is 0.0891. The minimum atomic E-state index is -3.60. The molecule has 0 fully saturated rings. The highest BCUT2D eigenvalue weighted by Gasteiger charge is 2.25. The molecule has 0 saturated carbocycles. The zero-order valence-corrected chi connectivity index (χ0v) is 11.5. The molecule has 0 saturated heterocycles. The predicted molar refractivity (Wildman–Crippen MR) is 70.3 cm³/mol. The van der Waals surface area contributed by atoms with Crippen molar-refractivity contribution in [3.8, 4) is 5.75 Å². The largest absolute Gasteiger partial charge is 0.493 e. The fourth-order valence-electron chi connectivity index (χ4n) is 1.55. The number of nitro groups is 1. The van der Waals surface area contributed by atoms with Crippen LogP contribution in [0.5, 0.6) is 5.75 Å². The number of nitro benzene ring substituents is 1. The van der Waals surface area contributed by atoms with Crippen molar-refractivity contribution in [2.75, 3.05) is 12.4 Å². The van der Waals surface area contributed by atoms with E-state index in [-0.39, 0.29) is 18.0 Å². The van der Waals surface area contributed by atoms with Crippen molar-refractivity contribution in [1.82, 2.24) is 0 Å². The second-order valence-electron chi connectivity index (χ2n) is 5.01. The van der Waals surface area contributed by atoms with Crippen molar-refractivity contribution in [2.24, 2.45) is 10.6 Å². The molecule has 0 aliphatic heterocycles. The van der Waals surface area contributed by atoms with E-state index in [1.807, 2.05) is 0 Å². The number of sulfonamides is 1. The van der Waals surface area contributed by atoms with Gasteiger partial charge in [0.15, 0.2) is 0 Å². The minimum absolute atomic E-state index is 0.0817. The fraction of sp³-hybridized carbons (Fsp3) is 0.455. The number of nitrogens with two attached hydrogens (primary N) is 1. The van der Waals surface area contributed by atoms with Crippen molar-refractivity contribution in [1.29, 1.82) is 0 Å². The summed E-state index contributed by atoms with van der Waals surface area (Å²) in [7, 11) is -3.60. The molecule has 106 valence electrons. The SMILES string of the molecule is CC(C)(COc1cccc([N+](=O)[O-])c1)CS(N)(=O)=O. The van der Waals surface area contributed by atoms with E-state index in [9.17, 15) is 18.5 Å². The molecule has 0 bridgehead atoms. The molecule has 0 aromatic heterocycles. The first-order valence-electron chi connectivity index (χ1n) is 5.47. The molecule has 8 heteroatoms. The Kier molecular flexibility index (Phi) is 4.48. The third-order valence-corrected chi connectivity index (χ3v) is 3.43. The molecular formula is C11H16N2O5S. The van der Waals surface area contributed by atoms with Crippen LogP contribution in [0.25, 0.3) is 0 Å². The molecular weight excluding hydrogens is 272 g/mol. The van der Waals surface area contributed by atoms with E-state index in [1.54, 1.807) is 19.9 Å². The third-order valence-electron chi connectivity index (χ3n) is 2.25. The van der Waals surface area contributed by atoms with Crippen LogP contribution in [0.1, 0.15) is 13.8 Å². The molecule has 2 N–H and O–H groups in total. The zero-order chi connectivity index (χ0) is 14.7. The Balaban J connectivity index is 2.71. The van der Waals surface area contributed by atoms with E-state index in [1.165, 1.54) is 18.2 Å². The molecule has 0 unspecified atom stereocenters. The van der Waals surface area contributed by atoms with Gasteiger partial charge in [-0.05, 0) is 6.07 Å². The molecule has 19 heavy (non-hydrogen) atoms. The van der Waals surface area contributed by atoms with Gasteiger partial charge < -0.3 is 4.74 Å². The summed E-state index contributed by atoms with van der Waals surface area (Å²) in [6.45, 7) is 3.47. The van der Waals surface area contributed by atoms with Crippen molar-refractivity contribution in [3.63, 3.8) is 0 Å². The average Bonchev–Trinajstić information content (AvgIpc) is 2.24. The van der Waals surface area contributed by atoms with Crippen molar-refractivity contribution in [2.45, 2.75) is 13.8 Å². The fourth-order valence-corrected chi connectivity index (χ4v) is 2.72. The lowest BCUT2D eigenvalue weighted by Crippen LogP contribution is -2.33. The first-order chi connectivity index (χ1) is 8.59. The Bertz CT molecular complexity index is 568. The standard InChI is InChI=1S/C11H16N2O5S/c1-11(2,8-19(12,16)17)7-18-10-5-3-4-9(6-10)13(14)15/h3-6H,7-8H2,1-2H3,(H2,12,16,17). The Labute approximate surface area is 111 Å². The molecule has 0 radical (unpaired) electrons. The van der Waals surface area contributed by atoms with Gasteiger partial charge in [-0.1, -0.05) is 19.9 Å². The number of nitrogens with zero attached hydrogens (tertiary/aromatic N) is 1. The molecule has 1 aromatic rings. The maximum Gasteiger partial charge on any atom is 0.273 e. The first kappa shape index (κ1) is 15.4. The van der Waals surface area contributed by atoms with Gasteiger partial charge in [0, 0.05) is 11.5 Å². The topological polar surface area (TPSA) is 113 Å². The molecule has 0 heterocycles. The summed E-state index contributed by atoms with van der Waals surface area (Å²) in [6.07, 6.45) is 0. The lowest BCUT2D eigenvalue weighted by Gasteiger charge is -2.23. The predicted octanol–water partition coefficient (Wildman–Crippen LogP) is 1.29. The number of hydrogen-bond acceptors (Lipinski definition) is 5. The van der Waals surface area contributed by atoms with Crippen LogP contribution in [0.4, 0.5) is 5.69 Å². The van der Waals surface area contributed by atoms with Gasteiger partial charge in [0.05, 0.1) is 23.3 Å². The van der Waals surface area contributed by atoms with Crippen LogP contribution in [0, 0.1) is 15.5 Å². The number of rotatable bonds is 6. The van der Waals surface area contributed by atoms with E-state index in [0.717, 1.165) is 0 Å². The Hall–Kier alpha value is -1.67. The van der Waals surface area contributed by atoms with Gasteiger partial charge in [0.25, 0.3) is 5.69 Å². The Morgan fingerprint density at radius 2 is 2.05 bits per heavy atom. The van der Waals surface area contributed by atoms with Gasteiger partial charge in [0.2, 0.25) is 10.0 Å². The van der Waals surface area contributed by atoms with Gasteiger partial charge in [-0.2, -0.15) is 0 Å². The zero-order valence-electron chi connectivity index (χ0n) is 10.7. The van der Waals surface area contributed by atoms with Crippen LogP contribution in [-0.4, -0.2) is 25.7 Å². The second-order valence-corrected chi connectivity index (χ2v) is 6.63. The highest BCUT2D eigenvalue weighted by atomic mass is 32.2. The second kappa shape index (κ2) is 5.54. The molecule has 0 aliphatic carbocycles. The van der Waals surface area contributed by atoms with E-state index >= 15 is 0 Å². The smallest absolute Gasteiger partial charge is 0.273 e. The molecule has 0 amide bonds. The van der Waals surface area contributed by atoms with Crippen LogP contribution >= 0.6 is 0 Å². The molecule has 7 nitrogen and oxygen atoms in total. The minimum Gasteiger partial charge on any atom is -0.493 e. The Morgan fingerprint density at radius 3 is 2.58 bits per heavy atom. The van der Waals surface area contributed by atoms with E-state index in [2.05, 4.69) is 0 Å². The summed E-state index contributed by atoms with van der Waals surface area (Å²) in [4.78, 5) is 10.1.